The molecular formula is C17H17IN4O2S. The first-order valence-electron chi connectivity index (χ1n) is 8.06. The number of aryl methyl sites for hydroxylation is 1. The Morgan fingerprint density at radius 1 is 1.36 bits per heavy atom. The first kappa shape index (κ1) is 16.8. The molecule has 0 fully saturated rings. The molecule has 1 aliphatic heterocycles. The highest BCUT2D eigenvalue weighted by molar-refractivity contribution is 14.1. The molecule has 6 nitrogen and oxygen atoms in total. The molecule has 4 rings (SSSR count). The summed E-state index contributed by atoms with van der Waals surface area (Å²) in [6.07, 6.45) is 0.782. The Morgan fingerprint density at radius 2 is 2.16 bits per heavy atom. The second-order valence-corrected chi connectivity index (χ2v) is 8.52. The van der Waals surface area contributed by atoms with Crippen molar-refractivity contribution in [1.82, 2.24) is 19.3 Å². The van der Waals surface area contributed by atoms with Gasteiger partial charge in [-0.15, -0.1) is 11.3 Å². The Hall–Kier alpha value is -1.68. The summed E-state index contributed by atoms with van der Waals surface area (Å²) in [5, 5.41) is 5.05. The monoisotopic (exact) mass is 468 g/mol. The molecule has 0 spiro atoms. The van der Waals surface area contributed by atoms with Crippen molar-refractivity contribution in [2.75, 3.05) is 6.61 Å². The van der Waals surface area contributed by atoms with Gasteiger partial charge in [-0.2, -0.15) is 5.10 Å². The third-order valence-corrected chi connectivity index (χ3v) is 5.89. The normalized spacial score (nSPS) is 13.3. The number of rotatable bonds is 2. The van der Waals surface area contributed by atoms with E-state index in [9.17, 15) is 4.79 Å². The van der Waals surface area contributed by atoms with E-state index < -0.39 is 0 Å². The van der Waals surface area contributed by atoms with Gasteiger partial charge in [0.1, 0.15) is 11.6 Å². The van der Waals surface area contributed by atoms with E-state index in [0.29, 0.717) is 17.6 Å². The van der Waals surface area contributed by atoms with Crippen molar-refractivity contribution in [3.05, 3.63) is 43.0 Å². The third-order valence-electron chi connectivity index (χ3n) is 4.12. The minimum atomic E-state index is -0.143. The summed E-state index contributed by atoms with van der Waals surface area (Å²) in [5.41, 5.74) is 1.75. The van der Waals surface area contributed by atoms with Crippen LogP contribution in [0.4, 0.5) is 0 Å². The van der Waals surface area contributed by atoms with E-state index in [1.807, 2.05) is 39.0 Å². The Morgan fingerprint density at radius 3 is 2.88 bits per heavy atom. The van der Waals surface area contributed by atoms with Gasteiger partial charge in [0.25, 0.3) is 0 Å². The van der Waals surface area contributed by atoms with Crippen molar-refractivity contribution in [3.8, 4) is 22.1 Å². The fraction of sp³-hybridized carbons (Fsp3) is 0.353. The lowest BCUT2D eigenvalue weighted by Gasteiger charge is -2.07. The lowest BCUT2D eigenvalue weighted by Crippen LogP contribution is -2.25. The molecule has 0 saturated heterocycles. The van der Waals surface area contributed by atoms with E-state index in [0.717, 1.165) is 31.9 Å². The number of halogens is 1. The molecule has 0 aliphatic carbocycles. The van der Waals surface area contributed by atoms with Crippen molar-refractivity contribution in [1.29, 1.82) is 0 Å². The highest BCUT2D eigenvalue weighted by Gasteiger charge is 2.23. The second-order valence-electron chi connectivity index (χ2n) is 6.21. The number of fused-ring (bicyclic) bond motifs is 3. The van der Waals surface area contributed by atoms with Crippen LogP contribution in [0.3, 0.4) is 0 Å². The minimum Gasteiger partial charge on any atom is -0.492 e. The summed E-state index contributed by atoms with van der Waals surface area (Å²) in [6, 6.07) is 6.13. The van der Waals surface area contributed by atoms with Gasteiger partial charge in [0.15, 0.2) is 5.13 Å². The van der Waals surface area contributed by atoms with Gasteiger partial charge in [0.05, 0.1) is 18.3 Å². The van der Waals surface area contributed by atoms with E-state index in [4.69, 9.17) is 9.72 Å². The van der Waals surface area contributed by atoms with Crippen LogP contribution in [-0.2, 0) is 6.42 Å². The smallest absolute Gasteiger partial charge is 0.352 e. The standard InChI is InChI=1S/C17H17IN4O2S/c1-9(2)22-17(23)21(10(3)20-22)16-19-15-12-5-4-11(18)8-13(12)24-7-6-14(15)25-16/h4-5,8-9H,6-7H2,1-3H3. The van der Waals surface area contributed by atoms with E-state index >= 15 is 0 Å². The molecule has 25 heavy (non-hydrogen) atoms. The number of nitrogens with zero attached hydrogens (tertiary/aromatic N) is 4. The topological polar surface area (TPSA) is 61.9 Å². The average Bonchev–Trinajstić information content (AvgIpc) is 3.03. The van der Waals surface area contributed by atoms with Crippen LogP contribution in [0.15, 0.2) is 23.0 Å². The van der Waals surface area contributed by atoms with Crippen molar-refractivity contribution in [2.45, 2.75) is 33.2 Å². The molecule has 1 aliphatic rings. The molecule has 1 aromatic carbocycles. The molecule has 3 aromatic rings. The zero-order valence-electron chi connectivity index (χ0n) is 14.1. The zero-order chi connectivity index (χ0) is 17.7. The average molecular weight is 468 g/mol. The Balaban J connectivity index is 1.89. The number of benzene rings is 1. The van der Waals surface area contributed by atoms with E-state index in [1.165, 1.54) is 16.0 Å². The van der Waals surface area contributed by atoms with Crippen LogP contribution < -0.4 is 10.4 Å². The maximum absolute atomic E-state index is 12.7. The van der Waals surface area contributed by atoms with Gasteiger partial charge in [0, 0.05) is 20.4 Å². The summed E-state index contributed by atoms with van der Waals surface area (Å²) >= 11 is 3.82. The van der Waals surface area contributed by atoms with Crippen molar-refractivity contribution in [2.24, 2.45) is 0 Å². The largest absolute Gasteiger partial charge is 0.492 e. The molecule has 0 saturated carbocycles. The molecule has 0 bridgehead atoms. The molecule has 0 amide bonds. The van der Waals surface area contributed by atoms with Crippen LogP contribution in [0.5, 0.6) is 5.75 Å². The molecular weight excluding hydrogens is 451 g/mol. The summed E-state index contributed by atoms with van der Waals surface area (Å²) in [4.78, 5) is 18.6. The van der Waals surface area contributed by atoms with E-state index in [2.05, 4.69) is 27.7 Å². The number of thiazole rings is 1. The quantitative estimate of drug-likeness (QED) is 0.540. The van der Waals surface area contributed by atoms with E-state index in [1.54, 1.807) is 4.57 Å². The lowest BCUT2D eigenvalue weighted by atomic mass is 10.1. The lowest BCUT2D eigenvalue weighted by molar-refractivity contribution is 0.327. The van der Waals surface area contributed by atoms with Crippen molar-refractivity contribution in [3.63, 3.8) is 0 Å². The predicted molar refractivity (Wildman–Crippen MR) is 106 cm³/mol. The van der Waals surface area contributed by atoms with Crippen LogP contribution in [0.2, 0.25) is 0 Å². The summed E-state index contributed by atoms with van der Waals surface area (Å²) < 4.78 is 10.1. The number of aromatic nitrogens is 4. The van der Waals surface area contributed by atoms with Crippen molar-refractivity contribution < 1.29 is 4.74 Å². The van der Waals surface area contributed by atoms with Gasteiger partial charge >= 0.3 is 5.69 Å². The number of hydrogen-bond donors (Lipinski definition) is 0. The Labute approximate surface area is 162 Å². The summed E-state index contributed by atoms with van der Waals surface area (Å²) in [7, 11) is 0. The van der Waals surface area contributed by atoms with E-state index in [-0.39, 0.29) is 11.7 Å². The first-order chi connectivity index (χ1) is 12.0. The van der Waals surface area contributed by atoms with Gasteiger partial charge in [-0.3, -0.25) is 0 Å². The van der Waals surface area contributed by atoms with Crippen molar-refractivity contribution >= 4 is 33.9 Å². The van der Waals surface area contributed by atoms with Gasteiger partial charge in [-0.1, -0.05) is 0 Å². The molecule has 8 heteroatoms. The van der Waals surface area contributed by atoms with Crippen LogP contribution >= 0.6 is 33.9 Å². The highest BCUT2D eigenvalue weighted by atomic mass is 127. The Kier molecular flexibility index (Phi) is 4.19. The van der Waals surface area contributed by atoms with Crippen LogP contribution in [0.25, 0.3) is 16.4 Å². The van der Waals surface area contributed by atoms with Crippen LogP contribution in [0.1, 0.15) is 30.6 Å². The Bertz CT molecular complexity index is 1020. The van der Waals surface area contributed by atoms with Gasteiger partial charge < -0.3 is 4.74 Å². The first-order valence-corrected chi connectivity index (χ1v) is 9.96. The molecule has 0 unspecified atom stereocenters. The summed E-state index contributed by atoms with van der Waals surface area (Å²) in [6.45, 7) is 6.35. The van der Waals surface area contributed by atoms with Gasteiger partial charge in [-0.05, 0) is 61.6 Å². The van der Waals surface area contributed by atoms with Crippen LogP contribution in [0, 0.1) is 10.5 Å². The SMILES string of the molecule is Cc1nn(C(C)C)c(=O)n1-c1nc2c(s1)CCOc1cc(I)ccc1-2. The molecule has 0 N–H and O–H groups in total. The maximum atomic E-state index is 12.7. The fourth-order valence-electron chi connectivity index (χ4n) is 2.92. The second kappa shape index (κ2) is 6.24. The highest BCUT2D eigenvalue weighted by Crippen LogP contribution is 2.39. The maximum Gasteiger partial charge on any atom is 0.352 e. The van der Waals surface area contributed by atoms with Gasteiger partial charge in [0.2, 0.25) is 0 Å². The fourth-order valence-corrected chi connectivity index (χ4v) is 4.48. The number of hydrogen-bond acceptors (Lipinski definition) is 5. The predicted octanol–water partition coefficient (Wildman–Crippen LogP) is 3.59. The molecule has 0 atom stereocenters. The third kappa shape index (κ3) is 2.80. The zero-order valence-corrected chi connectivity index (χ0v) is 17.1. The van der Waals surface area contributed by atoms with Crippen LogP contribution in [-0.4, -0.2) is 25.9 Å². The summed E-state index contributed by atoms with van der Waals surface area (Å²) in [5.74, 6) is 1.51. The molecule has 3 heterocycles. The molecule has 0 radical (unpaired) electrons. The molecule has 2 aromatic heterocycles. The molecule has 130 valence electrons. The number of ether oxygens (including phenoxy) is 1. The minimum absolute atomic E-state index is 0.0152. The van der Waals surface area contributed by atoms with Gasteiger partial charge in [-0.25, -0.2) is 19.0 Å².